The van der Waals surface area contributed by atoms with Gasteiger partial charge in [0.2, 0.25) is 0 Å². The molecule has 1 aliphatic rings. The number of hydrogen-bond donors (Lipinski definition) is 0. The molecule has 2 heterocycles. The standard InChI is InChI=1S/C18H14N2O/c1-2-6-14(7-3-1)13-20-15-8-4-5-9-17(15)21-18-12-19-11-10-16(18)20/h1-12H,13H2. The number of anilines is 2. The van der Waals surface area contributed by atoms with Crippen LogP contribution in [0.4, 0.5) is 11.4 Å². The highest BCUT2D eigenvalue weighted by Gasteiger charge is 2.23. The molecule has 0 atom stereocenters. The average Bonchev–Trinajstić information content (AvgIpc) is 2.55. The van der Waals surface area contributed by atoms with E-state index in [1.54, 1.807) is 12.4 Å². The van der Waals surface area contributed by atoms with Crippen LogP contribution in [0.5, 0.6) is 11.5 Å². The lowest BCUT2D eigenvalue weighted by molar-refractivity contribution is 0.470. The normalized spacial score (nSPS) is 12.3. The summed E-state index contributed by atoms with van der Waals surface area (Å²) in [6.07, 6.45) is 3.57. The Labute approximate surface area is 123 Å². The summed E-state index contributed by atoms with van der Waals surface area (Å²) in [5.41, 5.74) is 3.39. The van der Waals surface area contributed by atoms with Gasteiger partial charge in [-0.15, -0.1) is 0 Å². The molecule has 1 aliphatic heterocycles. The lowest BCUT2D eigenvalue weighted by atomic mass is 10.1. The number of nitrogens with zero attached hydrogens (tertiary/aromatic N) is 2. The molecule has 0 saturated carbocycles. The zero-order valence-corrected chi connectivity index (χ0v) is 11.4. The Morgan fingerprint density at radius 1 is 0.810 bits per heavy atom. The third kappa shape index (κ3) is 2.13. The van der Waals surface area contributed by atoms with Crippen LogP contribution in [0.15, 0.2) is 73.1 Å². The first-order valence-corrected chi connectivity index (χ1v) is 6.94. The molecule has 2 aromatic carbocycles. The van der Waals surface area contributed by atoms with Crippen molar-refractivity contribution < 1.29 is 4.74 Å². The van der Waals surface area contributed by atoms with Gasteiger partial charge in [-0.2, -0.15) is 0 Å². The van der Waals surface area contributed by atoms with Crippen LogP contribution in [0.1, 0.15) is 5.56 Å². The molecular formula is C18H14N2O. The third-order valence-corrected chi connectivity index (χ3v) is 3.61. The van der Waals surface area contributed by atoms with Gasteiger partial charge < -0.3 is 9.64 Å². The maximum Gasteiger partial charge on any atom is 0.169 e. The van der Waals surface area contributed by atoms with Crippen molar-refractivity contribution in [1.82, 2.24) is 4.98 Å². The van der Waals surface area contributed by atoms with Crippen LogP contribution in [0.25, 0.3) is 0 Å². The minimum Gasteiger partial charge on any atom is -0.451 e. The molecule has 1 aromatic heterocycles. The largest absolute Gasteiger partial charge is 0.451 e. The number of fused-ring (bicyclic) bond motifs is 2. The number of aromatic nitrogens is 1. The first-order chi connectivity index (χ1) is 10.4. The molecule has 0 aliphatic carbocycles. The Morgan fingerprint density at radius 2 is 1.57 bits per heavy atom. The van der Waals surface area contributed by atoms with Crippen molar-refractivity contribution in [2.45, 2.75) is 6.54 Å². The fraction of sp³-hybridized carbons (Fsp3) is 0.0556. The monoisotopic (exact) mass is 274 g/mol. The van der Waals surface area contributed by atoms with E-state index in [4.69, 9.17) is 4.74 Å². The smallest absolute Gasteiger partial charge is 0.169 e. The molecule has 3 heteroatoms. The summed E-state index contributed by atoms with van der Waals surface area (Å²) in [7, 11) is 0. The molecule has 0 amide bonds. The quantitative estimate of drug-likeness (QED) is 0.686. The SMILES string of the molecule is c1ccc(CN2c3ccccc3Oc3cnccc32)cc1. The van der Waals surface area contributed by atoms with E-state index in [-0.39, 0.29) is 0 Å². The molecule has 4 rings (SSSR count). The first-order valence-electron chi connectivity index (χ1n) is 6.94. The van der Waals surface area contributed by atoms with E-state index in [0.717, 1.165) is 29.4 Å². The Kier molecular flexibility index (Phi) is 2.82. The average molecular weight is 274 g/mol. The highest BCUT2D eigenvalue weighted by molar-refractivity contribution is 5.77. The van der Waals surface area contributed by atoms with Gasteiger partial charge in [0, 0.05) is 12.7 Å². The minimum absolute atomic E-state index is 0.798. The van der Waals surface area contributed by atoms with Gasteiger partial charge in [0.05, 0.1) is 17.6 Å². The number of pyridine rings is 1. The summed E-state index contributed by atoms with van der Waals surface area (Å²) in [6.45, 7) is 0.804. The molecule has 0 spiro atoms. The van der Waals surface area contributed by atoms with Gasteiger partial charge in [0.25, 0.3) is 0 Å². The molecule has 21 heavy (non-hydrogen) atoms. The van der Waals surface area contributed by atoms with E-state index in [2.05, 4.69) is 40.2 Å². The van der Waals surface area contributed by atoms with Gasteiger partial charge in [0.15, 0.2) is 11.5 Å². The molecule has 0 saturated heterocycles. The highest BCUT2D eigenvalue weighted by atomic mass is 16.5. The molecular weight excluding hydrogens is 260 g/mol. The second-order valence-corrected chi connectivity index (χ2v) is 4.98. The predicted octanol–water partition coefficient (Wildman–Crippen LogP) is 4.53. The number of hydrogen-bond acceptors (Lipinski definition) is 3. The van der Waals surface area contributed by atoms with Crippen LogP contribution in [0.2, 0.25) is 0 Å². The Morgan fingerprint density at radius 3 is 2.48 bits per heavy atom. The number of ether oxygens (including phenoxy) is 1. The maximum atomic E-state index is 5.94. The number of rotatable bonds is 2. The topological polar surface area (TPSA) is 25.4 Å². The zero-order valence-electron chi connectivity index (χ0n) is 11.4. The predicted molar refractivity (Wildman–Crippen MR) is 83.0 cm³/mol. The minimum atomic E-state index is 0.798. The summed E-state index contributed by atoms with van der Waals surface area (Å²) < 4.78 is 5.94. The van der Waals surface area contributed by atoms with Crippen LogP contribution >= 0.6 is 0 Å². The van der Waals surface area contributed by atoms with E-state index in [9.17, 15) is 0 Å². The van der Waals surface area contributed by atoms with Crippen LogP contribution in [-0.2, 0) is 6.54 Å². The van der Waals surface area contributed by atoms with E-state index in [1.807, 2.05) is 30.3 Å². The second-order valence-electron chi connectivity index (χ2n) is 4.98. The van der Waals surface area contributed by atoms with Crippen molar-refractivity contribution in [2.75, 3.05) is 4.90 Å². The highest BCUT2D eigenvalue weighted by Crippen LogP contribution is 2.46. The Balaban J connectivity index is 1.82. The van der Waals surface area contributed by atoms with E-state index < -0.39 is 0 Å². The fourth-order valence-electron chi connectivity index (χ4n) is 2.63. The molecule has 3 nitrogen and oxygen atoms in total. The Bertz CT molecular complexity index is 725. The first kappa shape index (κ1) is 12.0. The van der Waals surface area contributed by atoms with Crippen molar-refractivity contribution in [1.29, 1.82) is 0 Å². The van der Waals surface area contributed by atoms with Crippen molar-refractivity contribution >= 4 is 11.4 Å². The van der Waals surface area contributed by atoms with E-state index >= 15 is 0 Å². The maximum absolute atomic E-state index is 5.94. The van der Waals surface area contributed by atoms with Gasteiger partial charge in [0.1, 0.15) is 0 Å². The van der Waals surface area contributed by atoms with Crippen LogP contribution in [-0.4, -0.2) is 4.98 Å². The van der Waals surface area contributed by atoms with Crippen LogP contribution < -0.4 is 9.64 Å². The van der Waals surface area contributed by atoms with Crippen molar-refractivity contribution in [3.05, 3.63) is 78.6 Å². The van der Waals surface area contributed by atoms with Gasteiger partial charge in [-0.1, -0.05) is 42.5 Å². The van der Waals surface area contributed by atoms with E-state index in [0.29, 0.717) is 0 Å². The van der Waals surface area contributed by atoms with Gasteiger partial charge in [-0.25, -0.2) is 0 Å². The summed E-state index contributed by atoms with van der Waals surface area (Å²) in [6, 6.07) is 20.5. The zero-order chi connectivity index (χ0) is 14.1. The third-order valence-electron chi connectivity index (χ3n) is 3.61. The molecule has 0 N–H and O–H groups in total. The molecule has 0 fully saturated rings. The van der Waals surface area contributed by atoms with Gasteiger partial charge >= 0.3 is 0 Å². The van der Waals surface area contributed by atoms with Crippen molar-refractivity contribution in [3.63, 3.8) is 0 Å². The van der Waals surface area contributed by atoms with Crippen molar-refractivity contribution in [2.24, 2.45) is 0 Å². The van der Waals surface area contributed by atoms with Crippen molar-refractivity contribution in [3.8, 4) is 11.5 Å². The Hall–Kier alpha value is -2.81. The van der Waals surface area contributed by atoms with Gasteiger partial charge in [-0.05, 0) is 23.8 Å². The summed E-state index contributed by atoms with van der Waals surface area (Å²) >= 11 is 0. The fourth-order valence-corrected chi connectivity index (χ4v) is 2.63. The second kappa shape index (κ2) is 4.94. The lowest BCUT2D eigenvalue weighted by Crippen LogP contribution is -2.20. The number of benzene rings is 2. The summed E-state index contributed by atoms with van der Waals surface area (Å²) in [4.78, 5) is 6.43. The summed E-state index contributed by atoms with van der Waals surface area (Å²) in [5.74, 6) is 1.67. The molecule has 102 valence electrons. The van der Waals surface area contributed by atoms with Gasteiger partial charge in [-0.3, -0.25) is 4.98 Å². The lowest BCUT2D eigenvalue weighted by Gasteiger charge is -2.32. The molecule has 0 unspecified atom stereocenters. The molecule has 0 radical (unpaired) electrons. The van der Waals surface area contributed by atoms with Crippen LogP contribution in [0, 0.1) is 0 Å². The summed E-state index contributed by atoms with van der Waals surface area (Å²) in [5, 5.41) is 0. The molecule has 3 aromatic rings. The number of para-hydroxylation sites is 2. The molecule has 0 bridgehead atoms. The van der Waals surface area contributed by atoms with Crippen LogP contribution in [0.3, 0.4) is 0 Å². The van der Waals surface area contributed by atoms with E-state index in [1.165, 1.54) is 5.56 Å².